The van der Waals surface area contributed by atoms with Crippen molar-refractivity contribution in [3.8, 4) is 11.5 Å². The average Bonchev–Trinajstić information content (AvgIpc) is 3.15. The molecule has 1 amide bonds. The number of anilines is 1. The summed E-state index contributed by atoms with van der Waals surface area (Å²) in [4.78, 5) is 13.1. The van der Waals surface area contributed by atoms with E-state index >= 15 is 0 Å². The van der Waals surface area contributed by atoms with Crippen LogP contribution in [0, 0.1) is 0 Å². The van der Waals surface area contributed by atoms with Crippen molar-refractivity contribution in [1.82, 2.24) is 5.32 Å². The molecule has 1 N–H and O–H groups in total. The molecule has 5 nitrogen and oxygen atoms in total. The molecule has 0 radical (unpaired) electrons. The van der Waals surface area contributed by atoms with Gasteiger partial charge in [-0.25, -0.2) is 0 Å². The van der Waals surface area contributed by atoms with Crippen molar-refractivity contribution in [3.05, 3.63) is 54.1 Å². The predicted molar refractivity (Wildman–Crippen MR) is 108 cm³/mol. The van der Waals surface area contributed by atoms with E-state index in [4.69, 9.17) is 9.47 Å². The Balaban J connectivity index is 1.49. The second-order valence-electron chi connectivity index (χ2n) is 7.46. The fourth-order valence-corrected chi connectivity index (χ4v) is 3.23. The minimum atomic E-state index is -4.88. The van der Waals surface area contributed by atoms with Crippen LogP contribution < -0.4 is 19.7 Å². The standard InChI is InChI=1S/C22H25F3N2O3/c1-15(2)29-18-9-5-17(6-10-18)27-12-11-20(14-27)30-19-7-3-16(4-8-19)13-26-21(28)22(23,24)25/h3-10,15,20H,11-14H2,1-2H3,(H,26,28)/t20-/m1/s1. The van der Waals surface area contributed by atoms with Crippen LogP contribution in [0.25, 0.3) is 0 Å². The van der Waals surface area contributed by atoms with Gasteiger partial charge in [0.15, 0.2) is 0 Å². The number of carbonyl (C=O) groups excluding carboxylic acids is 1. The summed E-state index contributed by atoms with van der Waals surface area (Å²) in [7, 11) is 0. The Labute approximate surface area is 173 Å². The number of rotatable bonds is 7. The van der Waals surface area contributed by atoms with Crippen LogP contribution in [0.3, 0.4) is 0 Å². The second kappa shape index (κ2) is 9.28. The van der Waals surface area contributed by atoms with E-state index in [1.165, 1.54) is 0 Å². The van der Waals surface area contributed by atoms with Crippen LogP contribution in [-0.2, 0) is 11.3 Å². The fraction of sp³-hybridized carbons (Fsp3) is 0.409. The molecule has 1 fully saturated rings. The van der Waals surface area contributed by atoms with Gasteiger partial charge in [-0.1, -0.05) is 12.1 Å². The first-order valence-electron chi connectivity index (χ1n) is 9.83. The number of benzene rings is 2. The Kier molecular flexibility index (Phi) is 6.74. The maximum absolute atomic E-state index is 12.2. The number of halogens is 3. The van der Waals surface area contributed by atoms with Crippen LogP contribution >= 0.6 is 0 Å². The third-order valence-corrected chi connectivity index (χ3v) is 4.66. The number of ether oxygens (including phenoxy) is 2. The zero-order valence-electron chi connectivity index (χ0n) is 16.9. The maximum atomic E-state index is 12.2. The van der Waals surface area contributed by atoms with Gasteiger partial charge in [0.1, 0.15) is 17.6 Å². The maximum Gasteiger partial charge on any atom is 0.471 e. The summed E-state index contributed by atoms with van der Waals surface area (Å²) < 4.78 is 48.3. The fourth-order valence-electron chi connectivity index (χ4n) is 3.23. The summed E-state index contributed by atoms with van der Waals surface area (Å²) in [5.74, 6) is -0.460. The zero-order chi connectivity index (χ0) is 21.7. The Bertz CT molecular complexity index is 836. The second-order valence-corrected chi connectivity index (χ2v) is 7.46. The van der Waals surface area contributed by atoms with E-state index in [0.29, 0.717) is 11.3 Å². The summed E-state index contributed by atoms with van der Waals surface area (Å²) in [6.45, 7) is 5.40. The first-order valence-corrected chi connectivity index (χ1v) is 9.83. The smallest absolute Gasteiger partial charge is 0.471 e. The van der Waals surface area contributed by atoms with Gasteiger partial charge in [-0.3, -0.25) is 4.79 Å². The molecule has 1 aliphatic heterocycles. The van der Waals surface area contributed by atoms with Gasteiger partial charge in [-0.15, -0.1) is 0 Å². The van der Waals surface area contributed by atoms with Gasteiger partial charge in [-0.2, -0.15) is 13.2 Å². The molecule has 0 saturated carbocycles. The number of hydrogen-bond acceptors (Lipinski definition) is 4. The van der Waals surface area contributed by atoms with E-state index in [1.807, 2.05) is 43.4 Å². The molecule has 3 rings (SSSR count). The van der Waals surface area contributed by atoms with Crippen LogP contribution in [0.15, 0.2) is 48.5 Å². The van der Waals surface area contributed by atoms with Gasteiger partial charge < -0.3 is 19.7 Å². The van der Waals surface area contributed by atoms with E-state index < -0.39 is 12.1 Å². The van der Waals surface area contributed by atoms with E-state index in [9.17, 15) is 18.0 Å². The van der Waals surface area contributed by atoms with Gasteiger partial charge in [-0.05, 0) is 55.8 Å². The molecule has 1 saturated heterocycles. The van der Waals surface area contributed by atoms with Crippen LogP contribution in [0.1, 0.15) is 25.8 Å². The molecule has 2 aromatic rings. The van der Waals surface area contributed by atoms with Crippen molar-refractivity contribution >= 4 is 11.6 Å². The van der Waals surface area contributed by atoms with E-state index in [2.05, 4.69) is 4.90 Å². The largest absolute Gasteiger partial charge is 0.491 e. The number of nitrogens with zero attached hydrogens (tertiary/aromatic N) is 1. The summed E-state index contributed by atoms with van der Waals surface area (Å²) in [6.07, 6.45) is -3.85. The van der Waals surface area contributed by atoms with Gasteiger partial charge in [0.05, 0.1) is 12.6 Å². The molecular weight excluding hydrogens is 397 g/mol. The van der Waals surface area contributed by atoms with Crippen LogP contribution in [0.2, 0.25) is 0 Å². The van der Waals surface area contributed by atoms with Gasteiger partial charge in [0.25, 0.3) is 0 Å². The van der Waals surface area contributed by atoms with Crippen molar-refractivity contribution in [2.75, 3.05) is 18.0 Å². The molecule has 0 spiro atoms. The molecular formula is C22H25F3N2O3. The SMILES string of the molecule is CC(C)Oc1ccc(N2CC[C@@H](Oc3ccc(CNC(=O)C(F)(F)F)cc3)C2)cc1. The number of amides is 1. The van der Waals surface area contributed by atoms with Crippen LogP contribution in [0.4, 0.5) is 18.9 Å². The first kappa shape index (κ1) is 21.8. The molecule has 0 unspecified atom stereocenters. The Hall–Kier alpha value is -2.90. The third kappa shape index (κ3) is 6.05. The summed E-state index contributed by atoms with van der Waals surface area (Å²) in [6, 6.07) is 14.7. The highest BCUT2D eigenvalue weighted by molar-refractivity contribution is 5.81. The molecule has 0 bridgehead atoms. The Morgan fingerprint density at radius 3 is 2.33 bits per heavy atom. The van der Waals surface area contributed by atoms with Gasteiger partial charge in [0.2, 0.25) is 0 Å². The summed E-state index contributed by atoms with van der Waals surface area (Å²) in [5, 5.41) is 1.85. The lowest BCUT2D eigenvalue weighted by Gasteiger charge is -2.20. The van der Waals surface area contributed by atoms with Crippen molar-refractivity contribution < 1.29 is 27.4 Å². The molecule has 30 heavy (non-hydrogen) atoms. The monoisotopic (exact) mass is 422 g/mol. The minimum absolute atomic E-state index is 0.0207. The lowest BCUT2D eigenvalue weighted by molar-refractivity contribution is -0.173. The highest BCUT2D eigenvalue weighted by atomic mass is 19.4. The summed E-state index contributed by atoms with van der Waals surface area (Å²) in [5.41, 5.74) is 1.67. The molecule has 162 valence electrons. The predicted octanol–water partition coefficient (Wildman–Crippen LogP) is 4.31. The number of nitrogens with one attached hydrogen (secondary N) is 1. The van der Waals surface area contributed by atoms with E-state index in [0.717, 1.165) is 30.9 Å². The van der Waals surface area contributed by atoms with E-state index in [-0.39, 0.29) is 18.8 Å². The molecule has 1 heterocycles. The Morgan fingerprint density at radius 1 is 1.10 bits per heavy atom. The highest BCUT2D eigenvalue weighted by Gasteiger charge is 2.38. The van der Waals surface area contributed by atoms with Crippen LogP contribution in [0.5, 0.6) is 11.5 Å². The average molecular weight is 422 g/mol. The zero-order valence-corrected chi connectivity index (χ0v) is 16.9. The lowest BCUT2D eigenvalue weighted by Crippen LogP contribution is -2.36. The normalized spacial score (nSPS) is 16.6. The summed E-state index contributed by atoms with van der Waals surface area (Å²) >= 11 is 0. The van der Waals surface area contributed by atoms with Gasteiger partial charge in [0, 0.05) is 25.2 Å². The van der Waals surface area contributed by atoms with Crippen molar-refractivity contribution in [3.63, 3.8) is 0 Å². The van der Waals surface area contributed by atoms with Crippen LogP contribution in [-0.4, -0.2) is 37.4 Å². The van der Waals surface area contributed by atoms with Crippen molar-refractivity contribution in [1.29, 1.82) is 0 Å². The van der Waals surface area contributed by atoms with Gasteiger partial charge >= 0.3 is 12.1 Å². The highest BCUT2D eigenvalue weighted by Crippen LogP contribution is 2.26. The first-order chi connectivity index (χ1) is 14.2. The minimum Gasteiger partial charge on any atom is -0.491 e. The third-order valence-electron chi connectivity index (χ3n) is 4.66. The molecule has 1 atom stereocenters. The molecule has 1 aliphatic rings. The number of hydrogen-bond donors (Lipinski definition) is 1. The topological polar surface area (TPSA) is 50.8 Å². The van der Waals surface area contributed by atoms with Crippen molar-refractivity contribution in [2.24, 2.45) is 0 Å². The van der Waals surface area contributed by atoms with E-state index in [1.54, 1.807) is 24.3 Å². The molecule has 2 aromatic carbocycles. The Morgan fingerprint density at radius 2 is 1.73 bits per heavy atom. The quantitative estimate of drug-likeness (QED) is 0.723. The number of carbonyl (C=O) groups is 1. The molecule has 0 aromatic heterocycles. The molecule has 0 aliphatic carbocycles. The lowest BCUT2D eigenvalue weighted by atomic mass is 10.2. The van der Waals surface area contributed by atoms with Crippen molar-refractivity contribution in [2.45, 2.75) is 45.2 Å². The molecule has 8 heteroatoms. The number of alkyl halides is 3.